The lowest BCUT2D eigenvalue weighted by molar-refractivity contribution is -0.144. The molecule has 1 unspecified atom stereocenters. The lowest BCUT2D eigenvalue weighted by Crippen LogP contribution is -2.23. The van der Waals surface area contributed by atoms with Crippen molar-refractivity contribution in [1.82, 2.24) is 0 Å². The van der Waals surface area contributed by atoms with Crippen LogP contribution >= 0.6 is 15.9 Å². The van der Waals surface area contributed by atoms with Crippen molar-refractivity contribution in [1.29, 1.82) is 0 Å². The lowest BCUT2D eigenvalue weighted by atomic mass is 10.3. The summed E-state index contributed by atoms with van der Waals surface area (Å²) in [7, 11) is 0. The molecule has 5 heteroatoms. The van der Waals surface area contributed by atoms with Crippen LogP contribution in [0.2, 0.25) is 0 Å². The monoisotopic (exact) mass is 288 g/mol. The van der Waals surface area contributed by atoms with Gasteiger partial charge in [0.15, 0.2) is 6.10 Å². The Labute approximate surface area is 102 Å². The maximum atomic E-state index is 10.6. The Bertz CT molecular complexity index is 378. The minimum absolute atomic E-state index is 0.485. The molecule has 1 N–H and O–H groups in total. The lowest BCUT2D eigenvalue weighted by Gasteiger charge is -2.12. The van der Waals surface area contributed by atoms with E-state index in [4.69, 9.17) is 14.6 Å². The first kappa shape index (κ1) is 12.8. The van der Waals surface area contributed by atoms with E-state index in [-0.39, 0.29) is 0 Å². The fraction of sp³-hybridized carbons (Fsp3) is 0.364. The number of hydrogen-bond acceptors (Lipinski definition) is 3. The van der Waals surface area contributed by atoms with Gasteiger partial charge in [-0.05, 0) is 48.0 Å². The molecular formula is C11H13BrO4. The first-order valence-corrected chi connectivity index (χ1v) is 5.65. The van der Waals surface area contributed by atoms with Crippen molar-refractivity contribution >= 4 is 21.9 Å². The van der Waals surface area contributed by atoms with E-state index < -0.39 is 12.1 Å². The van der Waals surface area contributed by atoms with Gasteiger partial charge in [-0.2, -0.15) is 0 Å². The first-order valence-electron chi connectivity index (χ1n) is 4.86. The first-order chi connectivity index (χ1) is 7.54. The molecule has 1 rings (SSSR count). The van der Waals surface area contributed by atoms with Crippen LogP contribution in [0.1, 0.15) is 13.8 Å². The average molecular weight is 289 g/mol. The average Bonchev–Trinajstić information content (AvgIpc) is 2.22. The molecule has 0 fully saturated rings. The van der Waals surface area contributed by atoms with E-state index in [1.54, 1.807) is 18.2 Å². The molecule has 4 nitrogen and oxygen atoms in total. The quantitative estimate of drug-likeness (QED) is 0.905. The smallest absolute Gasteiger partial charge is 0.344 e. The van der Waals surface area contributed by atoms with Crippen molar-refractivity contribution < 1.29 is 19.4 Å². The summed E-state index contributed by atoms with van der Waals surface area (Å²) < 4.78 is 11.2. The minimum atomic E-state index is -0.999. The molecule has 0 saturated carbocycles. The Balaban J connectivity index is 2.78. The van der Waals surface area contributed by atoms with Crippen LogP contribution in [0.4, 0.5) is 0 Å². The maximum Gasteiger partial charge on any atom is 0.344 e. The van der Waals surface area contributed by atoms with E-state index in [1.807, 2.05) is 6.92 Å². The molecule has 1 aromatic carbocycles. The summed E-state index contributed by atoms with van der Waals surface area (Å²) in [5.74, 6) is 0.198. The predicted octanol–water partition coefficient (Wildman–Crippen LogP) is 2.70. The Morgan fingerprint density at radius 2 is 2.25 bits per heavy atom. The van der Waals surface area contributed by atoms with Crippen LogP contribution in [0.15, 0.2) is 22.7 Å². The zero-order chi connectivity index (χ0) is 12.1. The van der Waals surface area contributed by atoms with Crippen LogP contribution in [-0.2, 0) is 4.79 Å². The van der Waals surface area contributed by atoms with Crippen molar-refractivity contribution in [3.8, 4) is 11.5 Å². The summed E-state index contributed by atoms with van der Waals surface area (Å²) in [6, 6.07) is 5.15. The summed E-state index contributed by atoms with van der Waals surface area (Å²) in [5, 5.41) is 8.71. The number of carboxylic acids is 1. The van der Waals surface area contributed by atoms with Crippen LogP contribution in [0.3, 0.4) is 0 Å². The molecule has 0 spiro atoms. The van der Waals surface area contributed by atoms with Gasteiger partial charge >= 0.3 is 5.97 Å². The van der Waals surface area contributed by atoms with Gasteiger partial charge in [-0.25, -0.2) is 4.79 Å². The molecule has 0 heterocycles. The van der Waals surface area contributed by atoms with E-state index in [0.29, 0.717) is 22.6 Å². The highest BCUT2D eigenvalue weighted by atomic mass is 79.9. The predicted molar refractivity (Wildman–Crippen MR) is 63.0 cm³/mol. The van der Waals surface area contributed by atoms with Gasteiger partial charge in [-0.3, -0.25) is 0 Å². The van der Waals surface area contributed by atoms with Crippen molar-refractivity contribution in [2.24, 2.45) is 0 Å². The Morgan fingerprint density at radius 3 is 2.75 bits per heavy atom. The highest BCUT2D eigenvalue weighted by molar-refractivity contribution is 9.10. The molecule has 0 aliphatic carbocycles. The molecule has 0 aliphatic heterocycles. The van der Waals surface area contributed by atoms with Gasteiger partial charge in [0.2, 0.25) is 0 Å². The van der Waals surface area contributed by atoms with Crippen LogP contribution in [0, 0.1) is 0 Å². The molecule has 16 heavy (non-hydrogen) atoms. The fourth-order valence-corrected chi connectivity index (χ4v) is 1.53. The molecule has 0 aliphatic rings. The topological polar surface area (TPSA) is 55.8 Å². The maximum absolute atomic E-state index is 10.6. The fourth-order valence-electron chi connectivity index (χ4n) is 1.07. The highest BCUT2D eigenvalue weighted by Gasteiger charge is 2.14. The van der Waals surface area contributed by atoms with Gasteiger partial charge in [0.1, 0.15) is 11.5 Å². The zero-order valence-electron chi connectivity index (χ0n) is 9.07. The second kappa shape index (κ2) is 5.75. The van der Waals surface area contributed by atoms with Gasteiger partial charge < -0.3 is 14.6 Å². The zero-order valence-corrected chi connectivity index (χ0v) is 10.7. The number of rotatable bonds is 5. The van der Waals surface area contributed by atoms with Crippen molar-refractivity contribution in [2.75, 3.05) is 6.61 Å². The van der Waals surface area contributed by atoms with Crippen molar-refractivity contribution in [3.63, 3.8) is 0 Å². The van der Waals surface area contributed by atoms with Gasteiger partial charge in [-0.1, -0.05) is 0 Å². The second-order valence-electron chi connectivity index (χ2n) is 3.12. The third-order valence-corrected chi connectivity index (χ3v) is 2.49. The van der Waals surface area contributed by atoms with E-state index in [1.165, 1.54) is 6.92 Å². The van der Waals surface area contributed by atoms with Gasteiger partial charge in [0, 0.05) is 0 Å². The summed E-state index contributed by atoms with van der Waals surface area (Å²) in [5.41, 5.74) is 0. The molecule has 0 aromatic heterocycles. The third-order valence-electron chi connectivity index (χ3n) is 1.87. The number of aliphatic carboxylic acids is 1. The summed E-state index contributed by atoms with van der Waals surface area (Å²) in [4.78, 5) is 10.6. The standard InChI is InChI=1S/C11H13BrO4/c1-3-15-8-4-5-10(9(12)6-8)16-7(2)11(13)14/h4-7H,3H2,1-2H3,(H,13,14). The van der Waals surface area contributed by atoms with Crippen LogP contribution < -0.4 is 9.47 Å². The largest absolute Gasteiger partial charge is 0.494 e. The van der Waals surface area contributed by atoms with E-state index in [2.05, 4.69) is 15.9 Å². The number of halogens is 1. The molecule has 0 saturated heterocycles. The number of hydrogen-bond donors (Lipinski definition) is 1. The van der Waals surface area contributed by atoms with E-state index >= 15 is 0 Å². The summed E-state index contributed by atoms with van der Waals surface area (Å²) in [6.07, 6.45) is -0.880. The van der Waals surface area contributed by atoms with E-state index in [0.717, 1.165) is 0 Å². The van der Waals surface area contributed by atoms with Gasteiger partial charge in [0.05, 0.1) is 11.1 Å². The third kappa shape index (κ3) is 3.41. The van der Waals surface area contributed by atoms with Gasteiger partial charge in [-0.15, -0.1) is 0 Å². The summed E-state index contributed by atoms with van der Waals surface area (Å²) >= 11 is 3.30. The Morgan fingerprint density at radius 1 is 1.56 bits per heavy atom. The van der Waals surface area contributed by atoms with Crippen molar-refractivity contribution in [2.45, 2.75) is 20.0 Å². The second-order valence-corrected chi connectivity index (χ2v) is 3.98. The SMILES string of the molecule is CCOc1ccc(OC(C)C(=O)O)c(Br)c1. The van der Waals surface area contributed by atoms with Gasteiger partial charge in [0.25, 0.3) is 0 Å². The number of ether oxygens (including phenoxy) is 2. The van der Waals surface area contributed by atoms with Crippen LogP contribution in [0.25, 0.3) is 0 Å². The molecule has 0 radical (unpaired) electrons. The number of benzene rings is 1. The van der Waals surface area contributed by atoms with Crippen LogP contribution in [0.5, 0.6) is 11.5 Å². The normalized spacial score (nSPS) is 11.9. The Kier molecular flexibility index (Phi) is 4.61. The number of carboxylic acid groups (broad SMARTS) is 1. The van der Waals surface area contributed by atoms with Crippen molar-refractivity contribution in [3.05, 3.63) is 22.7 Å². The molecule has 1 aromatic rings. The number of carbonyl (C=O) groups is 1. The van der Waals surface area contributed by atoms with Crippen LogP contribution in [-0.4, -0.2) is 23.8 Å². The molecule has 88 valence electrons. The minimum Gasteiger partial charge on any atom is -0.494 e. The molecular weight excluding hydrogens is 276 g/mol. The summed E-state index contributed by atoms with van der Waals surface area (Å²) in [6.45, 7) is 3.95. The molecule has 1 atom stereocenters. The highest BCUT2D eigenvalue weighted by Crippen LogP contribution is 2.29. The Hall–Kier alpha value is -1.23. The molecule has 0 bridgehead atoms. The molecule has 0 amide bonds. The van der Waals surface area contributed by atoms with E-state index in [9.17, 15) is 4.79 Å².